The third kappa shape index (κ3) is 6.49. The monoisotopic (exact) mass is 392 g/mol. The number of hydrogen-bond donors (Lipinski definition) is 3. The van der Waals surface area contributed by atoms with Gasteiger partial charge in [0.2, 0.25) is 7.37 Å². The molecule has 0 bridgehead atoms. The number of aliphatic hydroxyl groups is 1. The molecule has 2 aromatic rings. The van der Waals surface area contributed by atoms with E-state index < -0.39 is 13.7 Å². The van der Waals surface area contributed by atoms with Crippen LogP contribution in [-0.4, -0.2) is 21.5 Å². The molecule has 1 unspecified atom stereocenters. The lowest BCUT2D eigenvalue weighted by atomic mass is 9.92. The van der Waals surface area contributed by atoms with Crippen molar-refractivity contribution in [3.63, 3.8) is 0 Å². The molecule has 0 aliphatic rings. The molecule has 3 N–H and O–H groups in total. The number of hydrogen-bond acceptors (Lipinski definition) is 3. The van der Waals surface area contributed by atoms with Crippen LogP contribution in [0.25, 0.3) is 0 Å². The molecule has 0 amide bonds. The Balaban J connectivity index is 0.00000176. The quantitative estimate of drug-likeness (QED) is 0.570. The summed E-state index contributed by atoms with van der Waals surface area (Å²) in [7, 11) is -3.51. The molecule has 1 atom stereocenters. The summed E-state index contributed by atoms with van der Waals surface area (Å²) in [5.41, 5.74) is 6.14. The summed E-state index contributed by atoms with van der Waals surface area (Å²) in [6.45, 7) is 12.1. The van der Waals surface area contributed by atoms with Crippen molar-refractivity contribution in [3.05, 3.63) is 63.7 Å². The standard InChI is InChI=1S/C20H27O4P.C2H6/c1-13(2)18-9-16(5-6-20(18)22)10-19-14(3)7-17(8-15(19)4)11-25(23,24)12-21;1-2/h5-9,13,21-22H,10-12H2,1-4H3,(H,23,24);1-2H3. The lowest BCUT2D eigenvalue weighted by molar-refractivity contribution is 0.332. The first-order valence-corrected chi connectivity index (χ1v) is 11.5. The molecular formula is C22H33O4P. The van der Waals surface area contributed by atoms with Gasteiger partial charge in [-0.3, -0.25) is 4.57 Å². The van der Waals surface area contributed by atoms with Gasteiger partial charge in [-0.25, -0.2) is 0 Å². The lowest BCUT2D eigenvalue weighted by Crippen LogP contribution is -2.00. The topological polar surface area (TPSA) is 77.8 Å². The van der Waals surface area contributed by atoms with E-state index in [-0.39, 0.29) is 12.1 Å². The van der Waals surface area contributed by atoms with E-state index in [9.17, 15) is 14.6 Å². The zero-order valence-electron chi connectivity index (χ0n) is 17.3. The SMILES string of the molecule is CC.Cc1cc(CP(=O)(O)CO)cc(C)c1Cc1ccc(O)c(C(C)C)c1. The number of phenolic OH excluding ortho intramolecular Hbond substituents is 1. The first-order chi connectivity index (χ1) is 12.6. The van der Waals surface area contributed by atoms with Crippen LogP contribution in [0.3, 0.4) is 0 Å². The van der Waals surface area contributed by atoms with Gasteiger partial charge in [-0.05, 0) is 65.6 Å². The van der Waals surface area contributed by atoms with Crippen LogP contribution < -0.4 is 0 Å². The predicted octanol–water partition coefficient (Wildman–Crippen LogP) is 5.47. The second kappa shape index (κ2) is 10.1. The summed E-state index contributed by atoms with van der Waals surface area (Å²) in [6, 6.07) is 9.56. The van der Waals surface area contributed by atoms with Gasteiger partial charge in [0.15, 0.2) is 0 Å². The summed E-state index contributed by atoms with van der Waals surface area (Å²) >= 11 is 0. The second-order valence-corrected chi connectivity index (χ2v) is 9.37. The Morgan fingerprint density at radius 1 is 1.00 bits per heavy atom. The van der Waals surface area contributed by atoms with Crippen LogP contribution in [0.1, 0.15) is 67.0 Å². The van der Waals surface area contributed by atoms with Crippen molar-refractivity contribution in [3.8, 4) is 5.75 Å². The molecule has 2 rings (SSSR count). The number of aliphatic hydroxyl groups excluding tert-OH is 1. The Morgan fingerprint density at radius 3 is 2.04 bits per heavy atom. The number of rotatable bonds is 6. The first kappa shape index (κ1) is 23.4. The highest BCUT2D eigenvalue weighted by Crippen LogP contribution is 2.43. The molecule has 0 heterocycles. The van der Waals surface area contributed by atoms with Gasteiger partial charge in [-0.2, -0.15) is 0 Å². The van der Waals surface area contributed by atoms with Crippen LogP contribution in [0.15, 0.2) is 30.3 Å². The minimum atomic E-state index is -3.51. The molecule has 0 radical (unpaired) electrons. The van der Waals surface area contributed by atoms with Gasteiger partial charge in [0.1, 0.15) is 12.1 Å². The van der Waals surface area contributed by atoms with E-state index in [1.165, 1.54) is 5.56 Å². The van der Waals surface area contributed by atoms with Crippen LogP contribution in [-0.2, 0) is 17.1 Å². The van der Waals surface area contributed by atoms with Gasteiger partial charge in [-0.1, -0.05) is 52.0 Å². The van der Waals surface area contributed by atoms with Gasteiger partial charge < -0.3 is 15.1 Å². The summed E-state index contributed by atoms with van der Waals surface area (Å²) < 4.78 is 11.8. The van der Waals surface area contributed by atoms with Crippen molar-refractivity contribution in [2.24, 2.45) is 0 Å². The third-order valence-corrected chi connectivity index (χ3v) is 5.80. The number of phenols is 1. The highest BCUT2D eigenvalue weighted by molar-refractivity contribution is 7.56. The van der Waals surface area contributed by atoms with Crippen LogP contribution >= 0.6 is 7.37 Å². The van der Waals surface area contributed by atoms with Crippen LogP contribution in [0, 0.1) is 13.8 Å². The maximum atomic E-state index is 11.8. The van der Waals surface area contributed by atoms with Crippen molar-refractivity contribution < 1.29 is 19.7 Å². The Bertz CT molecular complexity index is 789. The van der Waals surface area contributed by atoms with E-state index in [4.69, 9.17) is 5.11 Å². The molecular weight excluding hydrogens is 359 g/mol. The van der Waals surface area contributed by atoms with Gasteiger partial charge >= 0.3 is 0 Å². The normalized spacial score (nSPS) is 13.1. The molecule has 0 saturated carbocycles. The van der Waals surface area contributed by atoms with Crippen molar-refractivity contribution >= 4 is 7.37 Å². The smallest absolute Gasteiger partial charge is 0.229 e. The zero-order valence-corrected chi connectivity index (χ0v) is 18.2. The maximum Gasteiger partial charge on any atom is 0.229 e. The summed E-state index contributed by atoms with van der Waals surface area (Å²) in [5, 5.41) is 19.0. The number of aryl methyl sites for hydroxylation is 2. The van der Waals surface area contributed by atoms with E-state index in [1.54, 1.807) is 6.07 Å². The van der Waals surface area contributed by atoms with Crippen LogP contribution in [0.4, 0.5) is 0 Å². The van der Waals surface area contributed by atoms with Gasteiger partial charge in [-0.15, -0.1) is 0 Å². The molecule has 0 fully saturated rings. The average Bonchev–Trinajstić information content (AvgIpc) is 2.60. The summed E-state index contributed by atoms with van der Waals surface area (Å²) in [6.07, 6.45) is 0.0369. The van der Waals surface area contributed by atoms with Crippen molar-refractivity contribution in [1.29, 1.82) is 0 Å². The Morgan fingerprint density at radius 2 is 1.56 bits per heavy atom. The molecule has 5 heteroatoms. The molecule has 27 heavy (non-hydrogen) atoms. The van der Waals surface area contributed by atoms with Crippen LogP contribution in [0.5, 0.6) is 5.75 Å². The fraction of sp³-hybridized carbons (Fsp3) is 0.455. The molecule has 150 valence electrons. The Kier molecular flexibility index (Phi) is 8.74. The van der Waals surface area contributed by atoms with E-state index in [1.807, 2.05) is 52.0 Å². The molecule has 0 saturated heterocycles. The minimum Gasteiger partial charge on any atom is -0.508 e. The maximum absolute atomic E-state index is 11.8. The molecule has 0 aliphatic heterocycles. The lowest BCUT2D eigenvalue weighted by Gasteiger charge is -2.16. The first-order valence-electron chi connectivity index (χ1n) is 9.45. The fourth-order valence-corrected chi connectivity index (χ4v) is 4.02. The summed E-state index contributed by atoms with van der Waals surface area (Å²) in [5.74, 6) is 0.576. The van der Waals surface area contributed by atoms with Crippen molar-refractivity contribution in [2.75, 3.05) is 6.35 Å². The Hall–Kier alpha value is -1.61. The fourth-order valence-electron chi connectivity index (χ4n) is 3.17. The van der Waals surface area contributed by atoms with Gasteiger partial charge in [0.05, 0.1) is 6.16 Å². The highest BCUT2D eigenvalue weighted by atomic mass is 31.2. The average molecular weight is 392 g/mol. The minimum absolute atomic E-state index is 0.0117. The largest absolute Gasteiger partial charge is 0.508 e. The van der Waals surface area contributed by atoms with Crippen LogP contribution in [0.2, 0.25) is 0 Å². The molecule has 0 aromatic heterocycles. The predicted molar refractivity (Wildman–Crippen MR) is 113 cm³/mol. The van der Waals surface area contributed by atoms with Gasteiger partial charge in [0.25, 0.3) is 0 Å². The van der Waals surface area contributed by atoms with E-state index in [2.05, 4.69) is 13.8 Å². The second-order valence-electron chi connectivity index (χ2n) is 7.08. The molecule has 0 spiro atoms. The van der Waals surface area contributed by atoms with Gasteiger partial charge in [0, 0.05) is 0 Å². The van der Waals surface area contributed by atoms with E-state index >= 15 is 0 Å². The molecule has 0 aliphatic carbocycles. The Labute approximate surface area is 163 Å². The number of aromatic hydroxyl groups is 1. The molecule has 4 nitrogen and oxygen atoms in total. The van der Waals surface area contributed by atoms with E-state index in [0.29, 0.717) is 5.75 Å². The van der Waals surface area contributed by atoms with E-state index in [0.717, 1.165) is 34.2 Å². The number of benzene rings is 2. The highest BCUT2D eigenvalue weighted by Gasteiger charge is 2.18. The van der Waals surface area contributed by atoms with Crippen molar-refractivity contribution in [1.82, 2.24) is 0 Å². The molecule has 2 aromatic carbocycles. The third-order valence-electron chi connectivity index (χ3n) is 4.50. The zero-order chi connectivity index (χ0) is 20.8. The van der Waals surface area contributed by atoms with Crippen molar-refractivity contribution in [2.45, 2.75) is 60.0 Å². The summed E-state index contributed by atoms with van der Waals surface area (Å²) in [4.78, 5) is 9.65.